The lowest BCUT2D eigenvalue weighted by molar-refractivity contribution is 0.102. The Morgan fingerprint density at radius 3 is 3.10 bits per heavy atom. The van der Waals surface area contributed by atoms with Crippen molar-refractivity contribution in [3.05, 3.63) is 59.2 Å². The first-order valence-corrected chi connectivity index (χ1v) is 6.48. The predicted molar refractivity (Wildman–Crippen MR) is 74.0 cm³/mol. The minimum atomic E-state index is -0.618. The topological polar surface area (TPSA) is 54.0 Å². The number of benzene rings is 1. The summed E-state index contributed by atoms with van der Waals surface area (Å²) < 4.78 is 13.5. The van der Waals surface area contributed by atoms with Gasteiger partial charge in [-0.05, 0) is 36.2 Å². The first-order chi connectivity index (χ1) is 9.75. The third kappa shape index (κ3) is 2.40. The lowest BCUT2D eigenvalue weighted by Crippen LogP contribution is -2.25. The first-order valence-electron chi connectivity index (χ1n) is 6.48. The molecule has 0 fully saturated rings. The van der Waals surface area contributed by atoms with Crippen LogP contribution in [0.4, 0.5) is 10.1 Å². The molecule has 0 bridgehead atoms. The standard InChI is InChI=1S/C15H14FN3O/c16-13-9-18-7-5-11(13)15(20)19-14-3-1-2-10-4-6-17-8-12(10)14/h1-3,5,7,9,17H,4,6,8H2,(H,19,20). The van der Waals surface area contributed by atoms with Gasteiger partial charge in [0, 0.05) is 18.4 Å². The van der Waals surface area contributed by atoms with Crippen LogP contribution in [0.15, 0.2) is 36.7 Å². The molecule has 2 N–H and O–H groups in total. The third-order valence-corrected chi connectivity index (χ3v) is 3.41. The van der Waals surface area contributed by atoms with E-state index in [0.717, 1.165) is 30.4 Å². The second kappa shape index (κ2) is 5.38. The van der Waals surface area contributed by atoms with Gasteiger partial charge in [-0.25, -0.2) is 4.39 Å². The second-order valence-corrected chi connectivity index (χ2v) is 4.68. The van der Waals surface area contributed by atoms with Gasteiger partial charge in [0.1, 0.15) is 0 Å². The summed E-state index contributed by atoms with van der Waals surface area (Å²) >= 11 is 0. The van der Waals surface area contributed by atoms with Crippen LogP contribution >= 0.6 is 0 Å². The summed E-state index contributed by atoms with van der Waals surface area (Å²) in [5, 5.41) is 6.05. The Labute approximate surface area is 116 Å². The molecule has 5 heteroatoms. The van der Waals surface area contributed by atoms with Crippen molar-refractivity contribution in [1.29, 1.82) is 0 Å². The van der Waals surface area contributed by atoms with Crippen molar-refractivity contribution in [2.24, 2.45) is 0 Å². The minimum absolute atomic E-state index is 0.00127. The van der Waals surface area contributed by atoms with E-state index < -0.39 is 11.7 Å². The number of nitrogens with one attached hydrogen (secondary N) is 2. The number of nitrogens with zero attached hydrogens (tertiary/aromatic N) is 1. The summed E-state index contributed by atoms with van der Waals surface area (Å²) in [6, 6.07) is 7.17. The molecule has 4 nitrogen and oxygen atoms in total. The number of aromatic nitrogens is 1. The number of hydrogen-bond donors (Lipinski definition) is 2. The van der Waals surface area contributed by atoms with Gasteiger partial charge < -0.3 is 10.6 Å². The van der Waals surface area contributed by atoms with Crippen molar-refractivity contribution in [3.8, 4) is 0 Å². The summed E-state index contributed by atoms with van der Waals surface area (Å²) in [4.78, 5) is 15.8. The molecule has 2 aromatic rings. The molecule has 20 heavy (non-hydrogen) atoms. The van der Waals surface area contributed by atoms with E-state index in [1.54, 1.807) is 0 Å². The lowest BCUT2D eigenvalue weighted by Gasteiger charge is -2.20. The molecule has 0 unspecified atom stereocenters. The number of rotatable bonds is 2. The van der Waals surface area contributed by atoms with E-state index in [9.17, 15) is 9.18 Å². The summed E-state index contributed by atoms with van der Waals surface area (Å²) in [5.74, 6) is -1.07. The van der Waals surface area contributed by atoms with E-state index in [2.05, 4.69) is 21.7 Å². The van der Waals surface area contributed by atoms with E-state index in [-0.39, 0.29) is 5.56 Å². The number of fused-ring (bicyclic) bond motifs is 1. The van der Waals surface area contributed by atoms with Gasteiger partial charge in [0.05, 0.1) is 11.8 Å². The molecule has 0 aliphatic carbocycles. The highest BCUT2D eigenvalue weighted by Gasteiger charge is 2.16. The van der Waals surface area contributed by atoms with Crippen LogP contribution in [-0.2, 0) is 13.0 Å². The smallest absolute Gasteiger partial charge is 0.258 e. The molecule has 1 aliphatic rings. The zero-order valence-electron chi connectivity index (χ0n) is 10.8. The van der Waals surface area contributed by atoms with Crippen molar-refractivity contribution in [2.75, 3.05) is 11.9 Å². The number of carbonyl (C=O) groups excluding carboxylic acids is 1. The van der Waals surface area contributed by atoms with Crippen LogP contribution < -0.4 is 10.6 Å². The van der Waals surface area contributed by atoms with Gasteiger partial charge in [-0.3, -0.25) is 9.78 Å². The maximum Gasteiger partial charge on any atom is 0.258 e. The maximum absolute atomic E-state index is 13.5. The Morgan fingerprint density at radius 2 is 2.25 bits per heavy atom. The monoisotopic (exact) mass is 271 g/mol. The molecule has 3 rings (SSSR count). The number of anilines is 1. The molecule has 102 valence electrons. The molecule has 1 aromatic carbocycles. The van der Waals surface area contributed by atoms with Crippen LogP contribution in [0.2, 0.25) is 0 Å². The van der Waals surface area contributed by atoms with Gasteiger partial charge in [-0.15, -0.1) is 0 Å². The van der Waals surface area contributed by atoms with Crippen LogP contribution in [0.25, 0.3) is 0 Å². The molecule has 0 radical (unpaired) electrons. The molecular formula is C15H14FN3O. The first kappa shape index (κ1) is 12.7. The zero-order chi connectivity index (χ0) is 13.9. The van der Waals surface area contributed by atoms with E-state index >= 15 is 0 Å². The van der Waals surface area contributed by atoms with Crippen molar-refractivity contribution in [2.45, 2.75) is 13.0 Å². The molecule has 0 saturated carbocycles. The van der Waals surface area contributed by atoms with Gasteiger partial charge in [-0.2, -0.15) is 0 Å². The van der Waals surface area contributed by atoms with Crippen LogP contribution in [-0.4, -0.2) is 17.4 Å². The van der Waals surface area contributed by atoms with E-state index in [1.165, 1.54) is 17.8 Å². The zero-order valence-corrected chi connectivity index (χ0v) is 10.8. The van der Waals surface area contributed by atoms with Crippen molar-refractivity contribution in [1.82, 2.24) is 10.3 Å². The molecule has 0 spiro atoms. The average molecular weight is 271 g/mol. The van der Waals surface area contributed by atoms with Gasteiger partial charge >= 0.3 is 0 Å². The maximum atomic E-state index is 13.5. The van der Waals surface area contributed by atoms with Gasteiger partial charge in [0.15, 0.2) is 5.82 Å². The third-order valence-electron chi connectivity index (χ3n) is 3.41. The Balaban J connectivity index is 1.89. The molecular weight excluding hydrogens is 257 g/mol. The fraction of sp³-hybridized carbons (Fsp3) is 0.200. The van der Waals surface area contributed by atoms with Crippen molar-refractivity contribution >= 4 is 11.6 Å². The second-order valence-electron chi connectivity index (χ2n) is 4.68. The van der Waals surface area contributed by atoms with Crippen LogP contribution in [0.1, 0.15) is 21.5 Å². The minimum Gasteiger partial charge on any atom is -0.322 e. The number of pyridine rings is 1. The number of hydrogen-bond acceptors (Lipinski definition) is 3. The number of halogens is 1. The van der Waals surface area contributed by atoms with Gasteiger partial charge in [-0.1, -0.05) is 12.1 Å². The average Bonchev–Trinajstić information content (AvgIpc) is 2.48. The van der Waals surface area contributed by atoms with Crippen molar-refractivity contribution < 1.29 is 9.18 Å². The molecule has 1 aromatic heterocycles. The Kier molecular flexibility index (Phi) is 3.43. The van der Waals surface area contributed by atoms with Crippen LogP contribution in [0.3, 0.4) is 0 Å². The molecule has 1 amide bonds. The normalized spacial score (nSPS) is 13.7. The summed E-state index contributed by atoms with van der Waals surface area (Å²) in [5.41, 5.74) is 3.02. The fourth-order valence-electron chi connectivity index (χ4n) is 2.38. The quantitative estimate of drug-likeness (QED) is 0.879. The highest BCUT2D eigenvalue weighted by Crippen LogP contribution is 2.23. The van der Waals surface area contributed by atoms with Gasteiger partial charge in [0.2, 0.25) is 0 Å². The highest BCUT2D eigenvalue weighted by molar-refractivity contribution is 6.04. The summed E-state index contributed by atoms with van der Waals surface area (Å²) in [6.45, 7) is 1.65. The molecule has 2 heterocycles. The number of carbonyl (C=O) groups is 1. The van der Waals surface area contributed by atoms with E-state index in [1.807, 2.05) is 12.1 Å². The SMILES string of the molecule is O=C(Nc1cccc2c1CNCC2)c1ccncc1F. The molecule has 0 atom stereocenters. The molecule has 0 saturated heterocycles. The fourth-order valence-corrected chi connectivity index (χ4v) is 2.38. The summed E-state index contributed by atoms with van der Waals surface area (Å²) in [7, 11) is 0. The lowest BCUT2D eigenvalue weighted by atomic mass is 9.99. The van der Waals surface area contributed by atoms with Gasteiger partial charge in [0.25, 0.3) is 5.91 Å². The Hall–Kier alpha value is -2.27. The largest absolute Gasteiger partial charge is 0.322 e. The summed E-state index contributed by atoms with van der Waals surface area (Å²) in [6.07, 6.45) is 3.37. The van der Waals surface area contributed by atoms with Crippen LogP contribution in [0.5, 0.6) is 0 Å². The Morgan fingerprint density at radius 1 is 1.35 bits per heavy atom. The molecule has 1 aliphatic heterocycles. The Bertz CT molecular complexity index is 657. The van der Waals surface area contributed by atoms with Crippen LogP contribution in [0, 0.1) is 5.82 Å². The van der Waals surface area contributed by atoms with E-state index in [4.69, 9.17) is 0 Å². The highest BCUT2D eigenvalue weighted by atomic mass is 19.1. The van der Waals surface area contributed by atoms with Crippen molar-refractivity contribution in [3.63, 3.8) is 0 Å². The number of amides is 1. The predicted octanol–water partition coefficient (Wildman–Crippen LogP) is 2.12. The van der Waals surface area contributed by atoms with E-state index in [0.29, 0.717) is 6.54 Å².